The Labute approximate surface area is 99.1 Å². The van der Waals surface area contributed by atoms with Gasteiger partial charge in [0.2, 0.25) is 0 Å². The number of hydrogen-bond donors (Lipinski definition) is 1. The summed E-state index contributed by atoms with van der Waals surface area (Å²) in [6.45, 7) is 0. The Balaban J connectivity index is 2.25. The molecular weight excluding hydrogens is 251 g/mol. The molecule has 0 fully saturated rings. The van der Waals surface area contributed by atoms with Crippen LogP contribution in [0.1, 0.15) is 5.56 Å². The molecule has 0 saturated carbocycles. The van der Waals surface area contributed by atoms with Crippen LogP contribution in [0.15, 0.2) is 35.7 Å². The summed E-state index contributed by atoms with van der Waals surface area (Å²) in [5, 5.41) is 0.597. The van der Waals surface area contributed by atoms with Gasteiger partial charge in [0.1, 0.15) is 5.82 Å². The van der Waals surface area contributed by atoms with Gasteiger partial charge in [-0.15, -0.1) is 0 Å². The predicted octanol–water partition coefficient (Wildman–Crippen LogP) is 2.51. The largest absolute Gasteiger partial charge is 0.338 e. The topological polar surface area (TPSA) is 45.8 Å². The highest BCUT2D eigenvalue weighted by Gasteiger charge is 2.13. The third kappa shape index (κ3) is 2.31. The van der Waals surface area contributed by atoms with Crippen molar-refractivity contribution in [1.82, 2.24) is 9.97 Å². The zero-order valence-electron chi connectivity index (χ0n) is 8.11. The van der Waals surface area contributed by atoms with Crippen molar-refractivity contribution < 1.29 is 8.60 Å². The Kier molecular flexibility index (Phi) is 3.36. The molecule has 1 unspecified atom stereocenters. The molecule has 3 nitrogen and oxygen atoms in total. The number of nitrogens with one attached hydrogen (secondary N) is 1. The van der Waals surface area contributed by atoms with Crippen LogP contribution in [0.4, 0.5) is 4.39 Å². The summed E-state index contributed by atoms with van der Waals surface area (Å²) in [6, 6.07) is 4.37. The van der Waals surface area contributed by atoms with E-state index in [4.69, 9.17) is 11.6 Å². The molecule has 0 spiro atoms. The third-order valence-electron chi connectivity index (χ3n) is 2.03. The molecule has 1 heterocycles. The minimum Gasteiger partial charge on any atom is -0.338 e. The number of nitrogens with zero attached hydrogens (tertiary/aromatic N) is 1. The van der Waals surface area contributed by atoms with Gasteiger partial charge in [0.25, 0.3) is 0 Å². The van der Waals surface area contributed by atoms with Crippen LogP contribution < -0.4 is 0 Å². The van der Waals surface area contributed by atoms with Gasteiger partial charge in [-0.3, -0.25) is 4.21 Å². The van der Waals surface area contributed by atoms with E-state index < -0.39 is 16.6 Å². The number of aromatic amines is 1. The van der Waals surface area contributed by atoms with Crippen molar-refractivity contribution in [2.24, 2.45) is 0 Å². The average Bonchev–Trinajstić information content (AvgIpc) is 2.76. The van der Waals surface area contributed by atoms with Crippen molar-refractivity contribution in [3.8, 4) is 0 Å². The SMILES string of the molecule is O=S(Cc1c(F)cccc1Cl)c1ncc[nH]1. The van der Waals surface area contributed by atoms with Crippen molar-refractivity contribution >= 4 is 22.4 Å². The summed E-state index contributed by atoms with van der Waals surface area (Å²) in [4.78, 5) is 6.57. The summed E-state index contributed by atoms with van der Waals surface area (Å²) in [7, 11) is -1.41. The molecule has 0 aliphatic carbocycles. The quantitative estimate of drug-likeness (QED) is 0.920. The maximum atomic E-state index is 13.4. The van der Waals surface area contributed by atoms with E-state index in [1.807, 2.05) is 0 Å². The standard InChI is InChI=1S/C10H8ClFN2OS/c11-8-2-1-3-9(12)7(8)6-16(15)10-13-4-5-14-10/h1-5H,6H2,(H,13,14). The number of benzene rings is 1. The Bertz CT molecular complexity index is 495. The summed E-state index contributed by atoms with van der Waals surface area (Å²) in [5.41, 5.74) is 0.249. The normalized spacial score (nSPS) is 12.6. The van der Waals surface area contributed by atoms with Crippen LogP contribution in [-0.2, 0) is 16.6 Å². The van der Waals surface area contributed by atoms with E-state index in [2.05, 4.69) is 9.97 Å². The summed E-state index contributed by atoms with van der Waals surface area (Å²) >= 11 is 5.83. The van der Waals surface area contributed by atoms with Gasteiger partial charge in [0.15, 0.2) is 5.16 Å². The first-order valence-corrected chi connectivity index (χ1v) is 6.19. The van der Waals surface area contributed by atoms with Crippen molar-refractivity contribution in [3.05, 3.63) is 47.0 Å². The molecule has 1 N–H and O–H groups in total. The summed E-state index contributed by atoms with van der Waals surface area (Å²) in [6.07, 6.45) is 3.06. The van der Waals surface area contributed by atoms with Gasteiger partial charge in [-0.05, 0) is 12.1 Å². The molecule has 0 aliphatic rings. The fourth-order valence-corrected chi connectivity index (χ4v) is 2.62. The first-order valence-electron chi connectivity index (χ1n) is 4.49. The van der Waals surface area contributed by atoms with Gasteiger partial charge >= 0.3 is 0 Å². The van der Waals surface area contributed by atoms with Crippen LogP contribution in [-0.4, -0.2) is 14.2 Å². The van der Waals surface area contributed by atoms with Gasteiger partial charge in [-0.2, -0.15) is 0 Å². The molecule has 2 rings (SSSR count). The lowest BCUT2D eigenvalue weighted by Gasteiger charge is -2.03. The van der Waals surface area contributed by atoms with Crippen molar-refractivity contribution in [3.63, 3.8) is 0 Å². The molecule has 84 valence electrons. The van der Waals surface area contributed by atoms with E-state index in [-0.39, 0.29) is 16.3 Å². The van der Waals surface area contributed by atoms with E-state index in [1.54, 1.807) is 12.3 Å². The minimum atomic E-state index is -1.41. The van der Waals surface area contributed by atoms with Crippen molar-refractivity contribution in [1.29, 1.82) is 0 Å². The van der Waals surface area contributed by atoms with Crippen LogP contribution in [0, 0.1) is 5.82 Å². The van der Waals surface area contributed by atoms with E-state index >= 15 is 0 Å². The average molecular weight is 259 g/mol. The number of hydrogen-bond acceptors (Lipinski definition) is 2. The van der Waals surface area contributed by atoms with Crippen molar-refractivity contribution in [2.75, 3.05) is 0 Å². The number of aromatic nitrogens is 2. The van der Waals surface area contributed by atoms with E-state index in [0.717, 1.165) is 0 Å². The second-order valence-electron chi connectivity index (χ2n) is 3.08. The van der Waals surface area contributed by atoms with Gasteiger partial charge in [-0.25, -0.2) is 9.37 Å². The zero-order chi connectivity index (χ0) is 11.5. The van der Waals surface area contributed by atoms with E-state index in [9.17, 15) is 8.60 Å². The van der Waals surface area contributed by atoms with Crippen molar-refractivity contribution in [2.45, 2.75) is 10.9 Å². The molecule has 16 heavy (non-hydrogen) atoms. The zero-order valence-corrected chi connectivity index (χ0v) is 9.69. The van der Waals surface area contributed by atoms with E-state index in [1.165, 1.54) is 18.3 Å². The predicted molar refractivity (Wildman–Crippen MR) is 60.1 cm³/mol. The monoisotopic (exact) mass is 258 g/mol. The first-order chi connectivity index (χ1) is 7.68. The lowest BCUT2D eigenvalue weighted by molar-refractivity contribution is 0.615. The maximum absolute atomic E-state index is 13.4. The van der Waals surface area contributed by atoms with E-state index in [0.29, 0.717) is 5.16 Å². The molecule has 0 aliphatic heterocycles. The van der Waals surface area contributed by atoms with Gasteiger partial charge in [0, 0.05) is 23.0 Å². The Morgan fingerprint density at radius 2 is 2.31 bits per heavy atom. The van der Waals surface area contributed by atoms with Crippen LogP contribution in [0.2, 0.25) is 5.02 Å². The molecule has 0 radical (unpaired) electrons. The number of imidazole rings is 1. The maximum Gasteiger partial charge on any atom is 0.196 e. The Morgan fingerprint density at radius 1 is 1.50 bits per heavy atom. The molecular formula is C10H8ClFN2OS. The lowest BCUT2D eigenvalue weighted by atomic mass is 10.2. The fraction of sp³-hybridized carbons (Fsp3) is 0.100. The number of rotatable bonds is 3. The molecule has 0 amide bonds. The number of halogens is 2. The molecule has 1 aromatic carbocycles. The third-order valence-corrected chi connectivity index (χ3v) is 3.59. The highest BCUT2D eigenvalue weighted by atomic mass is 35.5. The molecule has 1 aromatic heterocycles. The summed E-state index contributed by atoms with van der Waals surface area (Å²) in [5.74, 6) is -0.439. The first kappa shape index (κ1) is 11.3. The minimum absolute atomic E-state index is 0.0129. The second kappa shape index (κ2) is 4.76. The molecule has 6 heteroatoms. The second-order valence-corrected chi connectivity index (χ2v) is 4.86. The molecule has 1 atom stereocenters. The number of H-pyrrole nitrogens is 1. The van der Waals surface area contributed by atoms with Crippen LogP contribution in [0.25, 0.3) is 0 Å². The fourth-order valence-electron chi connectivity index (χ4n) is 1.24. The van der Waals surface area contributed by atoms with Gasteiger partial charge in [0.05, 0.1) is 16.6 Å². The molecule has 0 saturated heterocycles. The smallest absolute Gasteiger partial charge is 0.196 e. The Hall–Kier alpha value is -1.20. The molecule has 0 bridgehead atoms. The highest BCUT2D eigenvalue weighted by molar-refractivity contribution is 7.84. The van der Waals surface area contributed by atoms with Crippen LogP contribution >= 0.6 is 11.6 Å². The summed E-state index contributed by atoms with van der Waals surface area (Å²) < 4.78 is 25.2. The lowest BCUT2D eigenvalue weighted by Crippen LogP contribution is -2.01. The van der Waals surface area contributed by atoms with Gasteiger partial charge < -0.3 is 4.98 Å². The Morgan fingerprint density at radius 3 is 2.94 bits per heavy atom. The van der Waals surface area contributed by atoms with Crippen LogP contribution in [0.3, 0.4) is 0 Å². The highest BCUT2D eigenvalue weighted by Crippen LogP contribution is 2.21. The van der Waals surface area contributed by atoms with Gasteiger partial charge in [-0.1, -0.05) is 17.7 Å². The van der Waals surface area contributed by atoms with Crippen LogP contribution in [0.5, 0.6) is 0 Å². The molecule has 2 aromatic rings.